The predicted octanol–water partition coefficient (Wildman–Crippen LogP) is 3.43. The molecule has 1 aliphatic carbocycles. The Morgan fingerprint density at radius 2 is 2.21 bits per heavy atom. The van der Waals surface area contributed by atoms with Gasteiger partial charge in [0.1, 0.15) is 0 Å². The maximum atomic E-state index is 15.1. The summed E-state index contributed by atoms with van der Waals surface area (Å²) in [6, 6.07) is 5.13. The number of carbonyl (C=O) groups excluding carboxylic acids is 1. The molecule has 4 rings (SSSR count). The fourth-order valence-corrected chi connectivity index (χ4v) is 4.57. The molecule has 174 valence electrons. The molecule has 1 unspecified atom stereocenters. The van der Waals surface area contributed by atoms with Crippen LogP contribution in [0.3, 0.4) is 0 Å². The molecule has 1 aliphatic heterocycles. The number of rotatable bonds is 6. The molecule has 2 heterocycles. The topological polar surface area (TPSA) is 98.5 Å². The third kappa shape index (κ3) is 4.35. The van der Waals surface area contributed by atoms with E-state index in [2.05, 4.69) is 10.3 Å². The highest BCUT2D eigenvalue weighted by molar-refractivity contribution is 6.20. The number of nitrogens with one attached hydrogen (secondary N) is 2. The third-order valence-electron chi connectivity index (χ3n) is 6.44. The van der Waals surface area contributed by atoms with E-state index in [1.54, 1.807) is 39.4 Å². The van der Waals surface area contributed by atoms with Gasteiger partial charge < -0.3 is 20.6 Å². The second-order valence-electron chi connectivity index (χ2n) is 8.67. The number of carbonyl (C=O) groups is 1. The van der Waals surface area contributed by atoms with Crippen LogP contribution in [-0.4, -0.2) is 52.5 Å². The summed E-state index contributed by atoms with van der Waals surface area (Å²) in [7, 11) is 1.77. The number of hydrogen-bond donors (Lipinski definition) is 3. The molecule has 0 bridgehead atoms. The standard InChI is InChI=1S/C25H29FN4O3/c1-14-17(9-16-7-8-20(29-11-16)19(12-28-3)15(2)27)10-18-24(23(14)26)33-13-30(25(18)32)21-5-4-6-22(21)31/h7-8,10-12,21-22,27-28,31H,4-6,9,13H2,1-3H3/b19-12+,27-15?/t21?,22-/m0/s1. The molecule has 1 aromatic carbocycles. The second kappa shape index (κ2) is 9.31. The van der Waals surface area contributed by atoms with Gasteiger partial charge in [-0.05, 0) is 68.4 Å². The molecule has 1 fully saturated rings. The molecule has 1 aromatic heterocycles. The van der Waals surface area contributed by atoms with E-state index in [-0.39, 0.29) is 30.0 Å². The molecule has 1 saturated carbocycles. The van der Waals surface area contributed by atoms with Crippen molar-refractivity contribution in [3.05, 3.63) is 64.4 Å². The Morgan fingerprint density at radius 1 is 1.42 bits per heavy atom. The number of fused-ring (bicyclic) bond motifs is 1. The monoisotopic (exact) mass is 452 g/mol. The van der Waals surface area contributed by atoms with Crippen molar-refractivity contribution < 1.29 is 19.0 Å². The van der Waals surface area contributed by atoms with Gasteiger partial charge in [0, 0.05) is 30.7 Å². The average molecular weight is 453 g/mol. The number of nitrogens with zero attached hydrogens (tertiary/aromatic N) is 2. The van der Waals surface area contributed by atoms with Crippen molar-refractivity contribution >= 4 is 17.2 Å². The molecule has 2 aliphatic rings. The molecule has 0 saturated heterocycles. The molecule has 7 nitrogen and oxygen atoms in total. The van der Waals surface area contributed by atoms with Gasteiger partial charge >= 0.3 is 0 Å². The second-order valence-corrected chi connectivity index (χ2v) is 8.67. The lowest BCUT2D eigenvalue weighted by Gasteiger charge is -2.35. The number of pyridine rings is 1. The lowest BCUT2D eigenvalue weighted by atomic mass is 9.96. The zero-order chi connectivity index (χ0) is 23.7. The van der Waals surface area contributed by atoms with Crippen molar-refractivity contribution in [2.45, 2.75) is 51.7 Å². The van der Waals surface area contributed by atoms with E-state index in [1.165, 1.54) is 4.90 Å². The molecule has 8 heteroatoms. The fraction of sp³-hybridized carbons (Fsp3) is 0.400. The van der Waals surface area contributed by atoms with Crippen molar-refractivity contribution in [1.82, 2.24) is 15.2 Å². The predicted molar refractivity (Wildman–Crippen MR) is 124 cm³/mol. The Labute approximate surface area is 192 Å². The number of ether oxygens (including phenoxy) is 1. The van der Waals surface area contributed by atoms with E-state index in [0.717, 1.165) is 12.0 Å². The Morgan fingerprint density at radius 3 is 2.82 bits per heavy atom. The van der Waals surface area contributed by atoms with Crippen molar-refractivity contribution in [1.29, 1.82) is 5.41 Å². The van der Waals surface area contributed by atoms with E-state index in [9.17, 15) is 9.90 Å². The van der Waals surface area contributed by atoms with Crippen LogP contribution in [-0.2, 0) is 6.42 Å². The van der Waals surface area contributed by atoms with Gasteiger partial charge in [0.25, 0.3) is 5.91 Å². The maximum absolute atomic E-state index is 15.1. The number of halogens is 1. The van der Waals surface area contributed by atoms with Crippen LogP contribution in [0.4, 0.5) is 4.39 Å². The highest BCUT2D eigenvalue weighted by Gasteiger charge is 2.39. The first-order valence-electron chi connectivity index (χ1n) is 11.1. The van der Waals surface area contributed by atoms with Crippen LogP contribution in [0.5, 0.6) is 5.75 Å². The number of hydrogen-bond acceptors (Lipinski definition) is 6. The summed E-state index contributed by atoms with van der Waals surface area (Å²) in [5, 5.41) is 21.1. The number of aliphatic hydroxyl groups is 1. The Bertz CT molecular complexity index is 1110. The Balaban J connectivity index is 1.62. The smallest absolute Gasteiger partial charge is 0.260 e. The van der Waals surface area contributed by atoms with Gasteiger partial charge in [-0.15, -0.1) is 0 Å². The molecule has 1 amide bonds. The quantitative estimate of drug-likeness (QED) is 0.584. The maximum Gasteiger partial charge on any atom is 0.260 e. The number of allylic oxidation sites excluding steroid dienone is 1. The largest absolute Gasteiger partial charge is 0.469 e. The summed E-state index contributed by atoms with van der Waals surface area (Å²) < 4.78 is 20.8. The minimum absolute atomic E-state index is 0.0123. The highest BCUT2D eigenvalue weighted by Crippen LogP contribution is 2.36. The van der Waals surface area contributed by atoms with E-state index in [4.69, 9.17) is 10.1 Å². The van der Waals surface area contributed by atoms with Crippen LogP contribution in [0.1, 0.15) is 58.9 Å². The Hall–Kier alpha value is -3.26. The molecule has 0 spiro atoms. The lowest BCUT2D eigenvalue weighted by molar-refractivity contribution is 0.0115. The van der Waals surface area contributed by atoms with E-state index >= 15 is 4.39 Å². The first kappa shape index (κ1) is 22.9. The van der Waals surface area contributed by atoms with Gasteiger partial charge in [-0.1, -0.05) is 6.07 Å². The molecule has 3 N–H and O–H groups in total. The number of aliphatic hydroxyl groups excluding tert-OH is 1. The van der Waals surface area contributed by atoms with E-state index in [1.807, 2.05) is 12.1 Å². The van der Waals surface area contributed by atoms with Crippen molar-refractivity contribution in [2.24, 2.45) is 0 Å². The SMILES string of the molecule is CN/C=C(\C(C)=N)c1ccc(Cc2cc3c(c(F)c2C)OCN(C2CCC[C@@H]2O)C3=O)cn1. The average Bonchev–Trinajstić information content (AvgIpc) is 3.22. The minimum atomic E-state index is -0.579. The summed E-state index contributed by atoms with van der Waals surface area (Å²) in [6.45, 7) is 3.33. The molecular weight excluding hydrogens is 423 g/mol. The highest BCUT2D eigenvalue weighted by atomic mass is 19.1. The number of aromatic nitrogens is 1. The first-order valence-corrected chi connectivity index (χ1v) is 11.1. The zero-order valence-electron chi connectivity index (χ0n) is 19.1. The van der Waals surface area contributed by atoms with E-state index in [0.29, 0.717) is 47.4 Å². The van der Waals surface area contributed by atoms with Crippen LogP contribution in [0.15, 0.2) is 30.6 Å². The lowest BCUT2D eigenvalue weighted by Crippen LogP contribution is -2.48. The molecule has 2 aromatic rings. The summed E-state index contributed by atoms with van der Waals surface area (Å²) in [5.74, 6) is -0.841. The summed E-state index contributed by atoms with van der Waals surface area (Å²) in [5.41, 5.74) is 3.93. The van der Waals surface area contributed by atoms with Gasteiger partial charge in [-0.2, -0.15) is 0 Å². The van der Waals surface area contributed by atoms with Gasteiger partial charge in [0.05, 0.1) is 23.4 Å². The first-order chi connectivity index (χ1) is 15.8. The van der Waals surface area contributed by atoms with Gasteiger partial charge in [0.2, 0.25) is 0 Å². The van der Waals surface area contributed by atoms with Crippen molar-refractivity contribution in [3.8, 4) is 5.75 Å². The van der Waals surface area contributed by atoms with Crippen molar-refractivity contribution in [2.75, 3.05) is 13.8 Å². The molecule has 0 radical (unpaired) electrons. The normalized spacial score (nSPS) is 20.5. The minimum Gasteiger partial charge on any atom is -0.469 e. The van der Waals surface area contributed by atoms with Crippen LogP contribution in [0, 0.1) is 18.2 Å². The van der Waals surface area contributed by atoms with E-state index < -0.39 is 11.9 Å². The van der Waals surface area contributed by atoms with Crippen LogP contribution >= 0.6 is 0 Å². The van der Waals surface area contributed by atoms with Gasteiger partial charge in [-0.3, -0.25) is 14.7 Å². The van der Waals surface area contributed by atoms with Gasteiger partial charge in [-0.25, -0.2) is 4.39 Å². The van der Waals surface area contributed by atoms with Gasteiger partial charge in [0.15, 0.2) is 18.3 Å². The Kier molecular flexibility index (Phi) is 6.47. The molecule has 2 atom stereocenters. The molecule has 33 heavy (non-hydrogen) atoms. The summed E-state index contributed by atoms with van der Waals surface area (Å²) >= 11 is 0. The van der Waals surface area contributed by atoms with Crippen LogP contribution < -0.4 is 10.1 Å². The molecular formula is C25H29FN4O3. The van der Waals surface area contributed by atoms with Crippen LogP contribution in [0.25, 0.3) is 5.57 Å². The summed E-state index contributed by atoms with van der Waals surface area (Å²) in [6.07, 6.45) is 5.47. The number of amides is 1. The fourth-order valence-electron chi connectivity index (χ4n) is 4.57. The third-order valence-corrected chi connectivity index (χ3v) is 6.44. The zero-order valence-corrected chi connectivity index (χ0v) is 19.1. The van der Waals surface area contributed by atoms with Crippen molar-refractivity contribution in [3.63, 3.8) is 0 Å². The van der Waals surface area contributed by atoms with Crippen LogP contribution in [0.2, 0.25) is 0 Å². The number of benzene rings is 1. The summed E-state index contributed by atoms with van der Waals surface area (Å²) in [4.78, 5) is 19.2.